The van der Waals surface area contributed by atoms with E-state index in [0.29, 0.717) is 13.0 Å². The number of benzene rings is 1. The normalized spacial score (nSPS) is 12.1. The number of aryl methyl sites for hydroxylation is 2. The third kappa shape index (κ3) is 4.84. The zero-order chi connectivity index (χ0) is 14.2. The van der Waals surface area contributed by atoms with Gasteiger partial charge in [-0.05, 0) is 25.3 Å². The van der Waals surface area contributed by atoms with Gasteiger partial charge in [-0.2, -0.15) is 5.10 Å². The highest BCUT2D eigenvalue weighted by molar-refractivity contribution is 5.76. The summed E-state index contributed by atoms with van der Waals surface area (Å²) >= 11 is 0. The van der Waals surface area contributed by atoms with Gasteiger partial charge in [-0.15, -0.1) is 0 Å². The van der Waals surface area contributed by atoms with Crippen LogP contribution in [0, 0.1) is 0 Å². The molecule has 20 heavy (non-hydrogen) atoms. The van der Waals surface area contributed by atoms with E-state index < -0.39 is 0 Å². The minimum absolute atomic E-state index is 0.0565. The first kappa shape index (κ1) is 14.2. The van der Waals surface area contributed by atoms with E-state index in [-0.39, 0.29) is 11.9 Å². The van der Waals surface area contributed by atoms with Crippen LogP contribution >= 0.6 is 0 Å². The van der Waals surface area contributed by atoms with Crippen molar-refractivity contribution in [2.45, 2.75) is 38.8 Å². The number of nitrogens with zero attached hydrogens (tertiary/aromatic N) is 3. The molecule has 1 heterocycles. The lowest BCUT2D eigenvalue weighted by Crippen LogP contribution is -2.33. The second-order valence-electron chi connectivity index (χ2n) is 4.90. The molecule has 106 valence electrons. The molecular formula is C15H20N4O. The summed E-state index contributed by atoms with van der Waals surface area (Å²) in [5.41, 5.74) is 1.30. The maximum absolute atomic E-state index is 11.8. The number of hydrogen-bond donors (Lipinski definition) is 1. The number of carbonyl (C=O) groups excluding carboxylic acids is 1. The molecule has 0 saturated heterocycles. The molecule has 2 aromatic rings. The Hall–Kier alpha value is -2.17. The molecule has 0 bridgehead atoms. The van der Waals surface area contributed by atoms with E-state index in [1.807, 2.05) is 25.1 Å². The van der Waals surface area contributed by atoms with Gasteiger partial charge < -0.3 is 5.32 Å². The molecule has 1 atom stereocenters. The van der Waals surface area contributed by atoms with E-state index in [1.165, 1.54) is 11.9 Å². The molecule has 0 spiro atoms. The summed E-state index contributed by atoms with van der Waals surface area (Å²) in [6, 6.07) is 10.5. The fourth-order valence-electron chi connectivity index (χ4n) is 2.01. The SMILES string of the molecule is CC(CCc1ccccc1)NC(=O)CCn1cncn1. The lowest BCUT2D eigenvalue weighted by molar-refractivity contribution is -0.122. The van der Waals surface area contributed by atoms with Gasteiger partial charge in [-0.1, -0.05) is 30.3 Å². The highest BCUT2D eigenvalue weighted by Gasteiger charge is 2.07. The second-order valence-corrected chi connectivity index (χ2v) is 4.90. The summed E-state index contributed by atoms with van der Waals surface area (Å²) in [4.78, 5) is 15.6. The third-order valence-electron chi connectivity index (χ3n) is 3.15. The molecule has 1 N–H and O–H groups in total. The Balaban J connectivity index is 1.66. The van der Waals surface area contributed by atoms with Crippen LogP contribution in [0.4, 0.5) is 0 Å². The maximum Gasteiger partial charge on any atom is 0.222 e. The smallest absolute Gasteiger partial charge is 0.222 e. The van der Waals surface area contributed by atoms with Gasteiger partial charge in [-0.3, -0.25) is 9.48 Å². The maximum atomic E-state index is 11.8. The van der Waals surface area contributed by atoms with Crippen molar-refractivity contribution in [3.8, 4) is 0 Å². The van der Waals surface area contributed by atoms with Gasteiger partial charge in [0.05, 0.1) is 6.54 Å². The monoisotopic (exact) mass is 272 g/mol. The number of nitrogens with one attached hydrogen (secondary N) is 1. The highest BCUT2D eigenvalue weighted by Crippen LogP contribution is 2.04. The van der Waals surface area contributed by atoms with Crippen LogP contribution in [0.2, 0.25) is 0 Å². The molecule has 2 rings (SSSR count). The van der Waals surface area contributed by atoms with Crippen molar-refractivity contribution in [1.29, 1.82) is 0 Å². The summed E-state index contributed by atoms with van der Waals surface area (Å²) < 4.78 is 1.66. The Bertz CT molecular complexity index is 510. The molecule has 5 nitrogen and oxygen atoms in total. The van der Waals surface area contributed by atoms with Crippen molar-refractivity contribution < 1.29 is 4.79 Å². The predicted molar refractivity (Wildman–Crippen MR) is 77.0 cm³/mol. The third-order valence-corrected chi connectivity index (χ3v) is 3.15. The standard InChI is InChI=1S/C15H20N4O/c1-13(7-8-14-5-3-2-4-6-14)18-15(20)9-10-19-12-16-11-17-19/h2-6,11-13H,7-10H2,1H3,(H,18,20). The molecular weight excluding hydrogens is 252 g/mol. The molecule has 1 unspecified atom stereocenters. The Morgan fingerprint density at radius 3 is 2.85 bits per heavy atom. The van der Waals surface area contributed by atoms with Gasteiger partial charge >= 0.3 is 0 Å². The topological polar surface area (TPSA) is 59.8 Å². The Morgan fingerprint density at radius 1 is 1.35 bits per heavy atom. The summed E-state index contributed by atoms with van der Waals surface area (Å²) in [6.45, 7) is 2.60. The molecule has 0 fully saturated rings. The molecule has 0 aliphatic rings. The lowest BCUT2D eigenvalue weighted by atomic mass is 10.1. The Labute approximate surface area is 119 Å². The van der Waals surface area contributed by atoms with E-state index in [1.54, 1.807) is 11.0 Å². The first-order chi connectivity index (χ1) is 9.74. The average Bonchev–Trinajstić information content (AvgIpc) is 2.97. The van der Waals surface area contributed by atoms with E-state index in [0.717, 1.165) is 12.8 Å². The first-order valence-corrected chi connectivity index (χ1v) is 6.90. The minimum Gasteiger partial charge on any atom is -0.354 e. The molecule has 0 saturated carbocycles. The fraction of sp³-hybridized carbons (Fsp3) is 0.400. The molecule has 0 aliphatic carbocycles. The zero-order valence-electron chi connectivity index (χ0n) is 11.7. The second kappa shape index (κ2) is 7.43. The van der Waals surface area contributed by atoms with Crippen molar-refractivity contribution in [3.05, 3.63) is 48.5 Å². The van der Waals surface area contributed by atoms with Gasteiger partial charge in [0.2, 0.25) is 5.91 Å². The molecule has 0 aliphatic heterocycles. The van der Waals surface area contributed by atoms with Crippen LogP contribution in [0.3, 0.4) is 0 Å². The Kier molecular flexibility index (Phi) is 5.29. The summed E-state index contributed by atoms with van der Waals surface area (Å²) in [5.74, 6) is 0.0565. The first-order valence-electron chi connectivity index (χ1n) is 6.90. The van der Waals surface area contributed by atoms with Gasteiger partial charge in [0.15, 0.2) is 0 Å². The summed E-state index contributed by atoms with van der Waals surface area (Å²) in [6.07, 6.45) is 5.44. The van der Waals surface area contributed by atoms with Crippen LogP contribution in [0.1, 0.15) is 25.3 Å². The van der Waals surface area contributed by atoms with E-state index >= 15 is 0 Å². The van der Waals surface area contributed by atoms with Crippen LogP contribution in [0.25, 0.3) is 0 Å². The van der Waals surface area contributed by atoms with Gasteiger partial charge in [-0.25, -0.2) is 4.98 Å². The van der Waals surface area contributed by atoms with Gasteiger partial charge in [0, 0.05) is 12.5 Å². The molecule has 0 radical (unpaired) electrons. The zero-order valence-corrected chi connectivity index (χ0v) is 11.7. The minimum atomic E-state index is 0.0565. The molecule has 1 aromatic carbocycles. The molecule has 5 heteroatoms. The van der Waals surface area contributed by atoms with E-state index in [2.05, 4.69) is 27.5 Å². The van der Waals surface area contributed by atoms with Gasteiger partial charge in [0.1, 0.15) is 12.7 Å². The van der Waals surface area contributed by atoms with Crippen molar-refractivity contribution in [3.63, 3.8) is 0 Å². The van der Waals surface area contributed by atoms with Crippen LogP contribution in [0.15, 0.2) is 43.0 Å². The Morgan fingerprint density at radius 2 is 2.15 bits per heavy atom. The van der Waals surface area contributed by atoms with Crippen molar-refractivity contribution in [2.75, 3.05) is 0 Å². The number of aromatic nitrogens is 3. The predicted octanol–water partition coefficient (Wildman–Crippen LogP) is 1.81. The van der Waals surface area contributed by atoms with E-state index in [4.69, 9.17) is 0 Å². The van der Waals surface area contributed by atoms with E-state index in [9.17, 15) is 4.79 Å². The summed E-state index contributed by atoms with van der Waals surface area (Å²) in [5, 5.41) is 6.98. The number of rotatable bonds is 7. The number of carbonyl (C=O) groups is 1. The van der Waals surface area contributed by atoms with Crippen LogP contribution in [0.5, 0.6) is 0 Å². The van der Waals surface area contributed by atoms with Crippen LogP contribution < -0.4 is 5.32 Å². The van der Waals surface area contributed by atoms with Crippen molar-refractivity contribution in [2.24, 2.45) is 0 Å². The lowest BCUT2D eigenvalue weighted by Gasteiger charge is -2.13. The van der Waals surface area contributed by atoms with Crippen molar-refractivity contribution in [1.82, 2.24) is 20.1 Å². The van der Waals surface area contributed by atoms with Gasteiger partial charge in [0.25, 0.3) is 0 Å². The highest BCUT2D eigenvalue weighted by atomic mass is 16.1. The number of hydrogen-bond acceptors (Lipinski definition) is 3. The summed E-state index contributed by atoms with van der Waals surface area (Å²) in [7, 11) is 0. The average molecular weight is 272 g/mol. The quantitative estimate of drug-likeness (QED) is 0.836. The fourth-order valence-corrected chi connectivity index (χ4v) is 2.01. The van der Waals surface area contributed by atoms with Crippen LogP contribution in [-0.2, 0) is 17.8 Å². The van der Waals surface area contributed by atoms with Crippen LogP contribution in [-0.4, -0.2) is 26.7 Å². The number of amides is 1. The van der Waals surface area contributed by atoms with Crippen molar-refractivity contribution >= 4 is 5.91 Å². The molecule has 1 amide bonds. The molecule has 1 aromatic heterocycles. The largest absolute Gasteiger partial charge is 0.354 e.